The lowest BCUT2D eigenvalue weighted by Gasteiger charge is -2.37. The van der Waals surface area contributed by atoms with Gasteiger partial charge in [-0.05, 0) is 36.6 Å². The van der Waals surface area contributed by atoms with Gasteiger partial charge in [0.2, 0.25) is 23.6 Å². The van der Waals surface area contributed by atoms with Gasteiger partial charge in [-0.25, -0.2) is 4.90 Å². The van der Waals surface area contributed by atoms with Gasteiger partial charge >= 0.3 is 0 Å². The summed E-state index contributed by atoms with van der Waals surface area (Å²) < 4.78 is 5.22. The molecule has 2 N–H and O–H groups in total. The Bertz CT molecular complexity index is 1270. The van der Waals surface area contributed by atoms with E-state index in [9.17, 15) is 29.3 Å². The van der Waals surface area contributed by atoms with E-state index in [-0.39, 0.29) is 23.2 Å². The van der Waals surface area contributed by atoms with E-state index in [0.29, 0.717) is 24.2 Å². The van der Waals surface area contributed by atoms with Crippen molar-refractivity contribution >= 4 is 35.0 Å². The quantitative estimate of drug-likeness (QED) is 0.367. The molecule has 4 unspecified atom stereocenters. The molecule has 2 aromatic carbocycles. The number of carbonyl (C=O) groups is 4. The fraction of sp³-hybridized carbons (Fsp3) is 0.360. The number of hydrogen-bond acceptors (Lipinski definition) is 7. The van der Waals surface area contributed by atoms with Crippen LogP contribution in [0.25, 0.3) is 0 Å². The van der Waals surface area contributed by atoms with Gasteiger partial charge in [-0.1, -0.05) is 24.6 Å². The lowest BCUT2D eigenvalue weighted by molar-refractivity contribution is -0.384. The van der Waals surface area contributed by atoms with Crippen molar-refractivity contribution in [3.05, 3.63) is 64.2 Å². The molecule has 1 saturated carbocycles. The number of ether oxygens (including phenoxy) is 1. The van der Waals surface area contributed by atoms with E-state index in [1.54, 1.807) is 24.3 Å². The number of hydrogen-bond donors (Lipinski definition) is 1. The number of fused-ring (bicyclic) bond motifs is 1. The second-order valence-electron chi connectivity index (χ2n) is 9.28. The highest BCUT2D eigenvalue weighted by Crippen LogP contribution is 2.52. The fourth-order valence-electron chi connectivity index (χ4n) is 5.52. The van der Waals surface area contributed by atoms with Crippen LogP contribution >= 0.6 is 0 Å². The summed E-state index contributed by atoms with van der Waals surface area (Å²) in [5, 5.41) is 11.3. The molecule has 0 radical (unpaired) electrons. The standard InChI is InChI=1S/C25H24N4O7/c1-36-17-10-8-13(9-11-17)20-18-19(21(22(26)30)28(20)23(31)14-4-2-5-14)25(33)27(24(18)32)15-6-3-7-16(12-15)29(34)35/h3,6-12,14,18-21H,2,4-5H2,1H3,(H2,26,30). The Labute approximate surface area is 205 Å². The van der Waals surface area contributed by atoms with Crippen LogP contribution < -0.4 is 15.4 Å². The average molecular weight is 492 g/mol. The molecule has 3 aliphatic rings. The zero-order chi connectivity index (χ0) is 25.7. The van der Waals surface area contributed by atoms with Crippen molar-refractivity contribution in [3.63, 3.8) is 0 Å². The molecular weight excluding hydrogens is 468 g/mol. The molecule has 2 aliphatic heterocycles. The highest BCUT2D eigenvalue weighted by molar-refractivity contribution is 6.24. The maximum atomic E-state index is 13.8. The van der Waals surface area contributed by atoms with Crippen molar-refractivity contribution in [3.8, 4) is 5.75 Å². The molecule has 3 fully saturated rings. The SMILES string of the molecule is COc1ccc(C2C3C(=O)N(c4cccc([N+](=O)[O-])c4)C(=O)C3C(C(N)=O)N2C(=O)C2CCC2)cc1. The predicted molar refractivity (Wildman–Crippen MR) is 125 cm³/mol. The van der Waals surface area contributed by atoms with Gasteiger partial charge in [0.25, 0.3) is 5.69 Å². The highest BCUT2D eigenvalue weighted by Gasteiger charge is 2.65. The Morgan fingerprint density at radius 1 is 1.06 bits per heavy atom. The number of amides is 4. The van der Waals surface area contributed by atoms with Crippen LogP contribution in [0.4, 0.5) is 11.4 Å². The largest absolute Gasteiger partial charge is 0.497 e. The molecule has 0 bridgehead atoms. The molecular formula is C25H24N4O7. The van der Waals surface area contributed by atoms with E-state index in [1.165, 1.54) is 30.2 Å². The number of nitro benzene ring substituents is 1. The zero-order valence-electron chi connectivity index (χ0n) is 19.4. The molecule has 186 valence electrons. The molecule has 36 heavy (non-hydrogen) atoms. The van der Waals surface area contributed by atoms with Crippen LogP contribution in [-0.2, 0) is 19.2 Å². The van der Waals surface area contributed by atoms with E-state index in [2.05, 4.69) is 0 Å². The number of nitrogens with two attached hydrogens (primary N) is 1. The molecule has 2 saturated heterocycles. The van der Waals surface area contributed by atoms with Crippen molar-refractivity contribution in [2.24, 2.45) is 23.5 Å². The normalized spacial score (nSPS) is 25.5. The number of non-ortho nitro benzene ring substituents is 1. The number of primary amides is 1. The van der Waals surface area contributed by atoms with Crippen LogP contribution in [0.15, 0.2) is 48.5 Å². The third kappa shape index (κ3) is 3.50. The van der Waals surface area contributed by atoms with Gasteiger partial charge in [0.15, 0.2) is 0 Å². The molecule has 11 nitrogen and oxygen atoms in total. The summed E-state index contributed by atoms with van der Waals surface area (Å²) in [6, 6.07) is 9.68. The minimum absolute atomic E-state index is 0.0298. The molecule has 0 aromatic heterocycles. The minimum Gasteiger partial charge on any atom is -0.497 e. The van der Waals surface area contributed by atoms with Gasteiger partial charge < -0.3 is 15.4 Å². The third-order valence-corrected chi connectivity index (χ3v) is 7.43. The minimum atomic E-state index is -1.32. The number of rotatable bonds is 6. The molecule has 2 heterocycles. The van der Waals surface area contributed by atoms with Crippen LogP contribution in [0.2, 0.25) is 0 Å². The van der Waals surface area contributed by atoms with Crippen molar-refractivity contribution < 1.29 is 28.8 Å². The summed E-state index contributed by atoms with van der Waals surface area (Å²) in [6.07, 6.45) is 2.20. The summed E-state index contributed by atoms with van der Waals surface area (Å²) in [7, 11) is 1.51. The first-order chi connectivity index (χ1) is 17.2. The molecule has 1 aliphatic carbocycles. The maximum absolute atomic E-state index is 13.8. The molecule has 4 atom stereocenters. The summed E-state index contributed by atoms with van der Waals surface area (Å²) in [5.74, 6) is -4.55. The Morgan fingerprint density at radius 2 is 1.72 bits per heavy atom. The summed E-state index contributed by atoms with van der Waals surface area (Å²) in [5.41, 5.74) is 6.06. The Kier molecular flexibility index (Phi) is 5.70. The van der Waals surface area contributed by atoms with E-state index in [4.69, 9.17) is 10.5 Å². The van der Waals surface area contributed by atoms with Gasteiger partial charge in [-0.15, -0.1) is 0 Å². The third-order valence-electron chi connectivity index (χ3n) is 7.43. The van der Waals surface area contributed by atoms with Gasteiger partial charge in [0, 0.05) is 18.1 Å². The van der Waals surface area contributed by atoms with Gasteiger partial charge in [-0.3, -0.25) is 29.3 Å². The van der Waals surface area contributed by atoms with Crippen LogP contribution in [-0.4, -0.2) is 46.6 Å². The van der Waals surface area contributed by atoms with Crippen LogP contribution in [0, 0.1) is 27.9 Å². The number of anilines is 1. The first-order valence-corrected chi connectivity index (χ1v) is 11.6. The number of nitro groups is 1. The second kappa shape index (κ2) is 8.74. The number of likely N-dealkylation sites (tertiary alicyclic amines) is 1. The first-order valence-electron chi connectivity index (χ1n) is 11.6. The highest BCUT2D eigenvalue weighted by atomic mass is 16.6. The topological polar surface area (TPSA) is 153 Å². The van der Waals surface area contributed by atoms with Crippen LogP contribution in [0.1, 0.15) is 30.9 Å². The molecule has 5 rings (SSSR count). The van der Waals surface area contributed by atoms with E-state index in [1.807, 2.05) is 0 Å². The first kappa shape index (κ1) is 23.5. The number of carbonyl (C=O) groups excluding carboxylic acids is 4. The Morgan fingerprint density at radius 3 is 2.28 bits per heavy atom. The van der Waals surface area contributed by atoms with Crippen molar-refractivity contribution in [1.82, 2.24) is 4.90 Å². The Hall–Kier alpha value is -4.28. The van der Waals surface area contributed by atoms with Crippen LogP contribution in [0.5, 0.6) is 5.75 Å². The Balaban J connectivity index is 1.63. The van der Waals surface area contributed by atoms with Crippen molar-refractivity contribution in [2.45, 2.75) is 31.3 Å². The second-order valence-corrected chi connectivity index (χ2v) is 9.28. The number of benzene rings is 2. The van der Waals surface area contributed by atoms with Gasteiger partial charge in [0.1, 0.15) is 11.8 Å². The summed E-state index contributed by atoms with van der Waals surface area (Å²) in [4.78, 5) is 66.6. The number of nitrogens with zero attached hydrogens (tertiary/aromatic N) is 3. The lowest BCUT2D eigenvalue weighted by Crippen LogP contribution is -2.52. The summed E-state index contributed by atoms with van der Waals surface area (Å²) in [6.45, 7) is 0. The van der Waals surface area contributed by atoms with Crippen LogP contribution in [0.3, 0.4) is 0 Å². The van der Waals surface area contributed by atoms with E-state index in [0.717, 1.165) is 17.4 Å². The lowest BCUT2D eigenvalue weighted by atomic mass is 9.83. The number of methoxy groups -OCH3 is 1. The molecule has 0 spiro atoms. The van der Waals surface area contributed by atoms with Crippen molar-refractivity contribution in [1.29, 1.82) is 0 Å². The van der Waals surface area contributed by atoms with Crippen molar-refractivity contribution in [2.75, 3.05) is 12.0 Å². The molecule has 2 aromatic rings. The monoisotopic (exact) mass is 492 g/mol. The predicted octanol–water partition coefficient (Wildman–Crippen LogP) is 1.95. The molecule has 11 heteroatoms. The smallest absolute Gasteiger partial charge is 0.271 e. The summed E-state index contributed by atoms with van der Waals surface area (Å²) >= 11 is 0. The average Bonchev–Trinajstić information content (AvgIpc) is 3.31. The molecule has 4 amide bonds. The fourth-order valence-corrected chi connectivity index (χ4v) is 5.52. The van der Waals surface area contributed by atoms with Gasteiger partial charge in [-0.2, -0.15) is 0 Å². The maximum Gasteiger partial charge on any atom is 0.271 e. The number of imide groups is 1. The zero-order valence-corrected chi connectivity index (χ0v) is 19.4. The van der Waals surface area contributed by atoms with E-state index < -0.39 is 46.6 Å². The van der Waals surface area contributed by atoms with Gasteiger partial charge in [0.05, 0.1) is 35.6 Å². The van der Waals surface area contributed by atoms with E-state index >= 15 is 0 Å².